The molecule has 0 aromatic rings. The Bertz CT molecular complexity index is 291. The molecule has 0 aliphatic rings. The zero-order valence-electron chi connectivity index (χ0n) is 10.7. The van der Waals surface area contributed by atoms with Gasteiger partial charge in [0.1, 0.15) is 11.9 Å². The highest BCUT2D eigenvalue weighted by Crippen LogP contribution is 2.18. The van der Waals surface area contributed by atoms with Crippen LogP contribution in [0.5, 0.6) is 0 Å². The molecule has 0 saturated heterocycles. The van der Waals surface area contributed by atoms with Gasteiger partial charge in [-0.15, -0.1) is 0 Å². The van der Waals surface area contributed by atoms with Crippen LogP contribution < -0.4 is 5.32 Å². The van der Waals surface area contributed by atoms with Crippen LogP contribution in [-0.4, -0.2) is 23.5 Å². The molecule has 0 bridgehead atoms. The maximum absolute atomic E-state index is 11.6. The summed E-state index contributed by atoms with van der Waals surface area (Å²) in [6, 6.07) is 0. The number of hydrogen-bond acceptors (Lipinski definition) is 3. The molecule has 0 aromatic carbocycles. The standard InChI is InChI=1S/C12H21NO3/c1-9(2)12(6,7-8-14)13-10(15)16-11(3,4)5/h8H,1,7H2,2-6H3,(H,13,15). The lowest BCUT2D eigenvalue weighted by atomic mass is 9.91. The molecule has 0 aliphatic heterocycles. The van der Waals surface area contributed by atoms with Gasteiger partial charge in [0.15, 0.2) is 0 Å². The molecule has 1 N–H and O–H groups in total. The van der Waals surface area contributed by atoms with Crippen LogP contribution >= 0.6 is 0 Å². The van der Waals surface area contributed by atoms with Crippen LogP contribution in [0.1, 0.15) is 41.0 Å². The molecule has 1 atom stereocenters. The Morgan fingerprint density at radius 2 is 1.88 bits per heavy atom. The van der Waals surface area contributed by atoms with Crippen LogP contribution in [0.3, 0.4) is 0 Å². The van der Waals surface area contributed by atoms with Crippen molar-refractivity contribution in [1.82, 2.24) is 5.32 Å². The third-order valence-corrected chi connectivity index (χ3v) is 2.21. The highest BCUT2D eigenvalue weighted by Gasteiger charge is 2.29. The molecule has 16 heavy (non-hydrogen) atoms. The summed E-state index contributed by atoms with van der Waals surface area (Å²) in [4.78, 5) is 22.1. The summed E-state index contributed by atoms with van der Waals surface area (Å²) in [5.74, 6) is 0. The predicted molar refractivity (Wildman–Crippen MR) is 63.3 cm³/mol. The van der Waals surface area contributed by atoms with Crippen molar-refractivity contribution in [3.05, 3.63) is 12.2 Å². The Morgan fingerprint density at radius 1 is 1.38 bits per heavy atom. The number of amides is 1. The SMILES string of the molecule is C=C(C)C(C)(CC=O)NC(=O)OC(C)(C)C. The van der Waals surface area contributed by atoms with Gasteiger partial charge in [-0.25, -0.2) is 4.79 Å². The first kappa shape index (κ1) is 14.7. The minimum atomic E-state index is -0.746. The molecule has 4 heteroatoms. The fourth-order valence-corrected chi connectivity index (χ4v) is 1.03. The van der Waals surface area contributed by atoms with Gasteiger partial charge in [0.25, 0.3) is 0 Å². The van der Waals surface area contributed by atoms with Gasteiger partial charge in [0.2, 0.25) is 0 Å². The number of alkyl carbamates (subject to hydrolysis) is 1. The van der Waals surface area contributed by atoms with Crippen LogP contribution in [0.2, 0.25) is 0 Å². The van der Waals surface area contributed by atoms with Gasteiger partial charge < -0.3 is 14.8 Å². The zero-order chi connectivity index (χ0) is 13.0. The number of rotatable bonds is 4. The van der Waals surface area contributed by atoms with E-state index in [1.807, 2.05) is 0 Å². The molecule has 0 aliphatic carbocycles. The van der Waals surface area contributed by atoms with E-state index < -0.39 is 17.2 Å². The molecule has 0 spiro atoms. The fourth-order valence-electron chi connectivity index (χ4n) is 1.03. The van der Waals surface area contributed by atoms with Crippen molar-refractivity contribution >= 4 is 12.4 Å². The third kappa shape index (κ3) is 4.96. The van der Waals surface area contributed by atoms with Crippen LogP contribution in [0.25, 0.3) is 0 Å². The lowest BCUT2D eigenvalue weighted by Gasteiger charge is -2.31. The number of ether oxygens (including phenoxy) is 1. The van der Waals surface area contributed by atoms with E-state index in [0.29, 0.717) is 5.57 Å². The smallest absolute Gasteiger partial charge is 0.408 e. The van der Waals surface area contributed by atoms with Crippen molar-refractivity contribution in [2.75, 3.05) is 0 Å². The molecule has 0 heterocycles. The second-order valence-corrected chi connectivity index (χ2v) is 5.11. The van der Waals surface area contributed by atoms with E-state index in [9.17, 15) is 9.59 Å². The molecular weight excluding hydrogens is 206 g/mol. The Hall–Kier alpha value is -1.32. The van der Waals surface area contributed by atoms with Gasteiger partial charge in [0.05, 0.1) is 5.54 Å². The summed E-state index contributed by atoms with van der Waals surface area (Å²) < 4.78 is 5.12. The van der Waals surface area contributed by atoms with Crippen LogP contribution in [-0.2, 0) is 9.53 Å². The Balaban J connectivity index is 4.59. The molecule has 1 unspecified atom stereocenters. The number of carbonyl (C=O) groups excluding carboxylic acids is 2. The number of aldehydes is 1. The Morgan fingerprint density at radius 3 is 2.19 bits per heavy atom. The van der Waals surface area contributed by atoms with Gasteiger partial charge in [-0.3, -0.25) is 0 Å². The van der Waals surface area contributed by atoms with E-state index in [1.165, 1.54) is 0 Å². The first-order valence-electron chi connectivity index (χ1n) is 5.21. The summed E-state index contributed by atoms with van der Waals surface area (Å²) in [6.07, 6.45) is 0.396. The summed E-state index contributed by atoms with van der Waals surface area (Å²) in [7, 11) is 0. The molecular formula is C12H21NO3. The molecule has 0 aromatic heterocycles. The quantitative estimate of drug-likeness (QED) is 0.593. The van der Waals surface area contributed by atoms with Crippen LogP contribution in [0.15, 0.2) is 12.2 Å². The van der Waals surface area contributed by atoms with Crippen molar-refractivity contribution in [1.29, 1.82) is 0 Å². The van der Waals surface area contributed by atoms with E-state index in [4.69, 9.17) is 4.74 Å². The average molecular weight is 227 g/mol. The Labute approximate surface area is 97.1 Å². The topological polar surface area (TPSA) is 55.4 Å². The maximum Gasteiger partial charge on any atom is 0.408 e. The normalized spacial score (nSPS) is 14.8. The molecule has 0 saturated carbocycles. The summed E-state index contributed by atoms with van der Waals surface area (Å²) in [6.45, 7) is 12.6. The van der Waals surface area contributed by atoms with E-state index in [1.54, 1.807) is 34.6 Å². The minimum Gasteiger partial charge on any atom is -0.444 e. The summed E-state index contributed by atoms with van der Waals surface area (Å²) in [5.41, 5.74) is -0.587. The second kappa shape index (κ2) is 5.14. The van der Waals surface area contributed by atoms with Crippen molar-refractivity contribution < 1.29 is 14.3 Å². The van der Waals surface area contributed by atoms with Crippen LogP contribution in [0, 0.1) is 0 Å². The second-order valence-electron chi connectivity index (χ2n) is 5.11. The maximum atomic E-state index is 11.6. The third-order valence-electron chi connectivity index (χ3n) is 2.21. The van der Waals surface area contributed by atoms with Crippen molar-refractivity contribution in [3.8, 4) is 0 Å². The van der Waals surface area contributed by atoms with Crippen molar-refractivity contribution in [2.24, 2.45) is 0 Å². The monoisotopic (exact) mass is 227 g/mol. The summed E-state index contributed by atoms with van der Waals surface area (Å²) >= 11 is 0. The summed E-state index contributed by atoms with van der Waals surface area (Å²) in [5, 5.41) is 2.66. The van der Waals surface area contributed by atoms with E-state index >= 15 is 0 Å². The van der Waals surface area contributed by atoms with E-state index in [-0.39, 0.29) is 6.42 Å². The first-order valence-corrected chi connectivity index (χ1v) is 5.21. The fraction of sp³-hybridized carbons (Fsp3) is 0.667. The van der Waals surface area contributed by atoms with E-state index in [0.717, 1.165) is 6.29 Å². The van der Waals surface area contributed by atoms with Gasteiger partial charge in [0, 0.05) is 6.42 Å². The number of carbonyl (C=O) groups is 2. The minimum absolute atomic E-state index is 0.182. The first-order chi connectivity index (χ1) is 7.10. The van der Waals surface area contributed by atoms with E-state index in [2.05, 4.69) is 11.9 Å². The van der Waals surface area contributed by atoms with Crippen molar-refractivity contribution in [3.63, 3.8) is 0 Å². The molecule has 4 nitrogen and oxygen atoms in total. The molecule has 0 radical (unpaired) electrons. The van der Waals surface area contributed by atoms with Gasteiger partial charge >= 0.3 is 6.09 Å². The highest BCUT2D eigenvalue weighted by atomic mass is 16.6. The predicted octanol–water partition coefficient (Wildman–Crippen LogP) is 2.43. The zero-order valence-corrected chi connectivity index (χ0v) is 10.7. The highest BCUT2D eigenvalue weighted by molar-refractivity contribution is 5.70. The van der Waals surface area contributed by atoms with Gasteiger partial charge in [-0.1, -0.05) is 12.2 Å². The lowest BCUT2D eigenvalue weighted by molar-refractivity contribution is -0.108. The van der Waals surface area contributed by atoms with Gasteiger partial charge in [-0.05, 0) is 34.6 Å². The van der Waals surface area contributed by atoms with Gasteiger partial charge in [-0.2, -0.15) is 0 Å². The largest absolute Gasteiger partial charge is 0.444 e. The lowest BCUT2D eigenvalue weighted by Crippen LogP contribution is -2.48. The Kier molecular flexibility index (Phi) is 4.72. The molecule has 92 valence electrons. The molecule has 0 fully saturated rings. The number of nitrogens with one attached hydrogen (secondary N) is 1. The molecule has 0 rings (SSSR count). The average Bonchev–Trinajstić information content (AvgIpc) is 1.99. The van der Waals surface area contributed by atoms with Crippen LogP contribution in [0.4, 0.5) is 4.79 Å². The number of hydrogen-bond donors (Lipinski definition) is 1. The van der Waals surface area contributed by atoms with Crippen molar-refractivity contribution in [2.45, 2.75) is 52.2 Å². The molecule has 1 amide bonds.